The Hall–Kier alpha value is -1.75. The summed E-state index contributed by atoms with van der Waals surface area (Å²) < 4.78 is 5.56. The van der Waals surface area contributed by atoms with Crippen LogP contribution in [0.25, 0.3) is 0 Å². The van der Waals surface area contributed by atoms with Gasteiger partial charge < -0.3 is 15.4 Å². The van der Waals surface area contributed by atoms with Crippen molar-refractivity contribution in [3.63, 3.8) is 0 Å². The number of guanidine groups is 1. The lowest BCUT2D eigenvalue weighted by molar-refractivity contribution is 0.265. The second-order valence-electron chi connectivity index (χ2n) is 7.11. The van der Waals surface area contributed by atoms with Crippen LogP contribution in [0.3, 0.4) is 0 Å². The van der Waals surface area contributed by atoms with Gasteiger partial charge in [0.1, 0.15) is 5.75 Å². The van der Waals surface area contributed by atoms with E-state index >= 15 is 0 Å². The summed E-state index contributed by atoms with van der Waals surface area (Å²) in [5.74, 6) is 2.46. The number of hydrogen-bond donors (Lipinski definition) is 2. The van der Waals surface area contributed by atoms with E-state index in [9.17, 15) is 0 Å². The molecule has 0 spiro atoms. The molecular formula is C20H34N4O. The fourth-order valence-electron chi connectivity index (χ4n) is 3.27. The summed E-state index contributed by atoms with van der Waals surface area (Å²) in [7, 11) is 1.84. The lowest BCUT2D eigenvalue weighted by Crippen LogP contribution is -2.47. The van der Waals surface area contributed by atoms with Crippen molar-refractivity contribution in [3.8, 4) is 5.75 Å². The maximum absolute atomic E-state index is 5.56. The first-order valence-corrected chi connectivity index (χ1v) is 9.46. The van der Waals surface area contributed by atoms with Crippen LogP contribution in [0.2, 0.25) is 0 Å². The highest BCUT2D eigenvalue weighted by atomic mass is 16.5. The first kappa shape index (κ1) is 19.6. The summed E-state index contributed by atoms with van der Waals surface area (Å²) in [6, 6.07) is 9.36. The Morgan fingerprint density at radius 1 is 1.36 bits per heavy atom. The van der Waals surface area contributed by atoms with E-state index in [1.54, 1.807) is 0 Å². The molecule has 0 bridgehead atoms. The summed E-state index contributed by atoms with van der Waals surface area (Å²) in [4.78, 5) is 6.91. The van der Waals surface area contributed by atoms with Crippen LogP contribution < -0.4 is 15.4 Å². The number of hydrogen-bond acceptors (Lipinski definition) is 3. The monoisotopic (exact) mass is 346 g/mol. The van der Waals surface area contributed by atoms with Gasteiger partial charge in [0.2, 0.25) is 0 Å². The van der Waals surface area contributed by atoms with Crippen molar-refractivity contribution in [2.24, 2.45) is 10.9 Å². The normalized spacial score (nSPS) is 21.6. The predicted octanol–water partition coefficient (Wildman–Crippen LogP) is 2.52. The highest BCUT2D eigenvalue weighted by molar-refractivity contribution is 5.80. The maximum atomic E-state index is 5.56. The molecule has 140 valence electrons. The molecule has 1 aliphatic heterocycles. The van der Waals surface area contributed by atoms with Gasteiger partial charge in [0.05, 0.1) is 6.61 Å². The quantitative estimate of drug-likeness (QED) is 0.588. The van der Waals surface area contributed by atoms with Crippen LogP contribution in [-0.4, -0.2) is 56.2 Å². The second-order valence-corrected chi connectivity index (χ2v) is 7.11. The molecular weight excluding hydrogens is 312 g/mol. The number of ether oxygens (including phenoxy) is 1. The van der Waals surface area contributed by atoms with Crippen LogP contribution in [0.5, 0.6) is 5.75 Å². The van der Waals surface area contributed by atoms with Crippen molar-refractivity contribution >= 4 is 5.96 Å². The first-order valence-electron chi connectivity index (χ1n) is 9.46. The molecule has 0 amide bonds. The molecule has 0 aromatic heterocycles. The smallest absolute Gasteiger partial charge is 0.191 e. The molecule has 1 aromatic rings. The third kappa shape index (κ3) is 5.92. The van der Waals surface area contributed by atoms with Crippen molar-refractivity contribution in [3.05, 3.63) is 29.8 Å². The van der Waals surface area contributed by atoms with Gasteiger partial charge in [0.25, 0.3) is 0 Å². The Morgan fingerprint density at radius 3 is 2.80 bits per heavy atom. The molecule has 5 heteroatoms. The van der Waals surface area contributed by atoms with E-state index in [4.69, 9.17) is 4.74 Å². The lowest BCUT2D eigenvalue weighted by atomic mass is 10.1. The molecule has 1 fully saturated rings. The molecule has 0 aliphatic carbocycles. The molecule has 5 nitrogen and oxygen atoms in total. The number of nitrogens with one attached hydrogen (secondary N) is 2. The maximum Gasteiger partial charge on any atom is 0.191 e. The zero-order chi connectivity index (χ0) is 18.2. The molecule has 2 unspecified atom stereocenters. The van der Waals surface area contributed by atoms with Crippen LogP contribution >= 0.6 is 0 Å². The van der Waals surface area contributed by atoms with E-state index in [0.29, 0.717) is 24.6 Å². The standard InChI is InChI=1S/C20H34N4O/c1-6-25-18-9-7-8-17(12-18)10-11-22-20(21-5)23-19-14-24(15(2)3)13-16(19)4/h7-9,12,15-16,19H,6,10-11,13-14H2,1-5H3,(H2,21,22,23). The van der Waals surface area contributed by atoms with Crippen LogP contribution in [0.4, 0.5) is 0 Å². The molecule has 2 atom stereocenters. The van der Waals surface area contributed by atoms with Crippen LogP contribution in [-0.2, 0) is 6.42 Å². The highest BCUT2D eigenvalue weighted by Crippen LogP contribution is 2.18. The molecule has 25 heavy (non-hydrogen) atoms. The summed E-state index contributed by atoms with van der Waals surface area (Å²) in [5.41, 5.74) is 1.27. The fraction of sp³-hybridized carbons (Fsp3) is 0.650. The first-order chi connectivity index (χ1) is 12.0. The average molecular weight is 347 g/mol. The number of likely N-dealkylation sites (tertiary alicyclic amines) is 1. The Kier molecular flexibility index (Phi) is 7.56. The number of nitrogens with zero attached hydrogens (tertiary/aromatic N) is 2. The van der Waals surface area contributed by atoms with Crippen molar-refractivity contribution in [1.29, 1.82) is 0 Å². The zero-order valence-corrected chi connectivity index (χ0v) is 16.4. The minimum Gasteiger partial charge on any atom is -0.494 e. The van der Waals surface area contributed by atoms with Crippen LogP contribution in [0.1, 0.15) is 33.3 Å². The summed E-state index contributed by atoms with van der Waals surface area (Å²) in [6.07, 6.45) is 0.944. The van der Waals surface area contributed by atoms with Gasteiger partial charge in [-0.3, -0.25) is 9.89 Å². The van der Waals surface area contributed by atoms with E-state index in [1.807, 2.05) is 26.1 Å². The predicted molar refractivity (Wildman–Crippen MR) is 105 cm³/mol. The Balaban J connectivity index is 1.80. The molecule has 1 aliphatic rings. The van der Waals surface area contributed by atoms with Gasteiger partial charge in [-0.2, -0.15) is 0 Å². The van der Waals surface area contributed by atoms with Gasteiger partial charge in [0.15, 0.2) is 5.96 Å². The molecule has 1 saturated heterocycles. The van der Waals surface area contributed by atoms with Crippen molar-refractivity contribution in [2.45, 2.75) is 46.2 Å². The summed E-state index contributed by atoms with van der Waals surface area (Å²) in [6.45, 7) is 12.6. The van der Waals surface area contributed by atoms with Gasteiger partial charge in [-0.05, 0) is 50.8 Å². The lowest BCUT2D eigenvalue weighted by Gasteiger charge is -2.22. The van der Waals surface area contributed by atoms with Crippen LogP contribution in [0, 0.1) is 5.92 Å². The Bertz CT molecular complexity index is 558. The topological polar surface area (TPSA) is 48.9 Å². The van der Waals surface area contributed by atoms with Crippen molar-refractivity contribution in [1.82, 2.24) is 15.5 Å². The largest absolute Gasteiger partial charge is 0.494 e. The molecule has 0 radical (unpaired) electrons. The van der Waals surface area contributed by atoms with E-state index in [1.165, 1.54) is 5.56 Å². The van der Waals surface area contributed by atoms with Crippen molar-refractivity contribution in [2.75, 3.05) is 33.3 Å². The van der Waals surface area contributed by atoms with E-state index in [-0.39, 0.29) is 0 Å². The van der Waals surface area contributed by atoms with Crippen molar-refractivity contribution < 1.29 is 4.74 Å². The molecule has 2 N–H and O–H groups in total. The van der Waals surface area contributed by atoms with Gasteiger partial charge in [-0.25, -0.2) is 0 Å². The minimum atomic E-state index is 0.454. The molecule has 0 saturated carbocycles. The van der Waals surface area contributed by atoms with Gasteiger partial charge in [0, 0.05) is 38.8 Å². The zero-order valence-electron chi connectivity index (χ0n) is 16.4. The number of benzene rings is 1. The third-order valence-corrected chi connectivity index (χ3v) is 4.83. The number of rotatable bonds is 7. The van der Waals surface area contributed by atoms with E-state index < -0.39 is 0 Å². The minimum absolute atomic E-state index is 0.454. The molecule has 2 rings (SSSR count). The molecule has 1 heterocycles. The van der Waals surface area contributed by atoms with E-state index in [2.05, 4.69) is 53.4 Å². The second kappa shape index (κ2) is 9.66. The summed E-state index contributed by atoms with van der Waals surface area (Å²) >= 11 is 0. The number of aliphatic imine (C=N–C) groups is 1. The molecule has 1 aromatic carbocycles. The summed E-state index contributed by atoms with van der Waals surface area (Å²) in [5, 5.41) is 7.03. The SMILES string of the molecule is CCOc1cccc(CCNC(=NC)NC2CN(C(C)C)CC2C)c1. The Labute approximate surface area is 152 Å². The van der Waals surface area contributed by atoms with Gasteiger partial charge >= 0.3 is 0 Å². The van der Waals surface area contributed by atoms with Gasteiger partial charge in [-0.1, -0.05) is 19.1 Å². The average Bonchev–Trinajstić information content (AvgIpc) is 2.96. The van der Waals surface area contributed by atoms with E-state index in [0.717, 1.165) is 37.8 Å². The third-order valence-electron chi connectivity index (χ3n) is 4.83. The van der Waals surface area contributed by atoms with Gasteiger partial charge in [-0.15, -0.1) is 0 Å². The van der Waals surface area contributed by atoms with Crippen LogP contribution in [0.15, 0.2) is 29.3 Å². The Morgan fingerprint density at radius 2 is 2.16 bits per heavy atom. The highest BCUT2D eigenvalue weighted by Gasteiger charge is 2.31. The fourth-order valence-corrected chi connectivity index (χ4v) is 3.27.